The molecule has 0 unspecified atom stereocenters. The average molecular weight is 487 g/mol. The van der Waals surface area contributed by atoms with E-state index in [9.17, 15) is 0 Å². The number of pyridine rings is 1. The number of halogens is 1. The smallest absolute Gasteiger partial charge is 0.174 e. The molecule has 4 aromatic rings. The first-order chi connectivity index (χ1) is 16.3. The van der Waals surface area contributed by atoms with Crippen LogP contribution in [0.4, 0.5) is 5.69 Å². The van der Waals surface area contributed by atoms with Gasteiger partial charge in [-0.05, 0) is 105 Å². The first-order valence-electron chi connectivity index (χ1n) is 11.4. The van der Waals surface area contributed by atoms with Crippen LogP contribution >= 0.6 is 23.8 Å². The fourth-order valence-electron chi connectivity index (χ4n) is 4.97. The van der Waals surface area contributed by atoms with Crippen LogP contribution in [-0.4, -0.2) is 14.7 Å². The molecule has 0 radical (unpaired) electrons. The minimum Gasteiger partial charge on any atom is -0.351 e. The predicted molar refractivity (Wildman–Crippen MR) is 144 cm³/mol. The first-order valence-corrected chi connectivity index (χ1v) is 12.2. The Morgan fingerprint density at radius 1 is 0.941 bits per heavy atom. The molecule has 34 heavy (non-hydrogen) atoms. The number of thiocarbonyl (C=S) groups is 1. The van der Waals surface area contributed by atoms with Crippen molar-refractivity contribution in [3.63, 3.8) is 0 Å². The molecular formula is C28H27ClN4S. The summed E-state index contributed by atoms with van der Waals surface area (Å²) < 4.78 is 2.36. The second kappa shape index (κ2) is 8.90. The van der Waals surface area contributed by atoms with Gasteiger partial charge in [-0.3, -0.25) is 4.98 Å². The highest BCUT2D eigenvalue weighted by Crippen LogP contribution is 2.44. The molecule has 0 aliphatic carbocycles. The van der Waals surface area contributed by atoms with Crippen molar-refractivity contribution in [1.29, 1.82) is 0 Å². The zero-order valence-corrected chi connectivity index (χ0v) is 21.3. The number of aromatic nitrogens is 2. The lowest BCUT2D eigenvalue weighted by atomic mass is 9.96. The molecule has 5 rings (SSSR count). The van der Waals surface area contributed by atoms with E-state index in [-0.39, 0.29) is 12.1 Å². The van der Waals surface area contributed by atoms with Gasteiger partial charge in [0.15, 0.2) is 5.11 Å². The number of benzene rings is 2. The van der Waals surface area contributed by atoms with Gasteiger partial charge in [-0.25, -0.2) is 0 Å². The lowest BCUT2D eigenvalue weighted by molar-refractivity contribution is 0.565. The van der Waals surface area contributed by atoms with E-state index < -0.39 is 0 Å². The van der Waals surface area contributed by atoms with Gasteiger partial charge in [0.05, 0.1) is 17.8 Å². The van der Waals surface area contributed by atoms with E-state index in [1.807, 2.05) is 42.6 Å². The maximum Gasteiger partial charge on any atom is 0.174 e. The van der Waals surface area contributed by atoms with E-state index in [1.165, 1.54) is 33.8 Å². The summed E-state index contributed by atoms with van der Waals surface area (Å²) in [6, 6.07) is 22.6. The lowest BCUT2D eigenvalue weighted by Crippen LogP contribution is -2.29. The van der Waals surface area contributed by atoms with Gasteiger partial charge >= 0.3 is 0 Å². The number of anilines is 1. The van der Waals surface area contributed by atoms with E-state index in [2.05, 4.69) is 77.8 Å². The van der Waals surface area contributed by atoms with Gasteiger partial charge in [0.1, 0.15) is 0 Å². The van der Waals surface area contributed by atoms with E-state index >= 15 is 0 Å². The Kier molecular flexibility index (Phi) is 5.92. The standard InChI is InChI=1S/C28H27ClN4S/c1-17-8-9-18(2)25(15-17)32-19(3)16-23(20(32)4)27-26(24-7-5-6-14-30-24)31-28(34)33(27)22-12-10-21(29)11-13-22/h5-16,26-27H,1-4H3,(H,31,34)/t26-,27-/m1/s1. The van der Waals surface area contributed by atoms with Gasteiger partial charge < -0.3 is 14.8 Å². The summed E-state index contributed by atoms with van der Waals surface area (Å²) in [6.45, 7) is 8.66. The molecule has 3 heterocycles. The molecular weight excluding hydrogens is 460 g/mol. The first kappa shape index (κ1) is 22.6. The third kappa shape index (κ3) is 3.89. The second-order valence-corrected chi connectivity index (χ2v) is 9.75. The largest absolute Gasteiger partial charge is 0.351 e. The van der Waals surface area contributed by atoms with Crippen molar-refractivity contribution in [2.24, 2.45) is 0 Å². The lowest BCUT2D eigenvalue weighted by Gasteiger charge is -2.28. The van der Waals surface area contributed by atoms with Gasteiger partial charge in [-0.2, -0.15) is 0 Å². The highest BCUT2D eigenvalue weighted by atomic mass is 35.5. The Morgan fingerprint density at radius 2 is 1.71 bits per heavy atom. The minimum atomic E-state index is -0.0862. The number of nitrogens with zero attached hydrogens (tertiary/aromatic N) is 3. The van der Waals surface area contributed by atoms with Crippen molar-refractivity contribution in [3.8, 4) is 5.69 Å². The molecule has 6 heteroatoms. The molecule has 0 saturated carbocycles. The molecule has 1 fully saturated rings. The van der Waals surface area contributed by atoms with E-state index in [0.29, 0.717) is 10.1 Å². The summed E-state index contributed by atoms with van der Waals surface area (Å²) in [5.41, 5.74) is 9.27. The summed E-state index contributed by atoms with van der Waals surface area (Å²) in [7, 11) is 0. The monoisotopic (exact) mass is 486 g/mol. The Labute approximate surface area is 211 Å². The summed E-state index contributed by atoms with van der Waals surface area (Å²) in [6.07, 6.45) is 1.83. The second-order valence-electron chi connectivity index (χ2n) is 8.92. The topological polar surface area (TPSA) is 33.1 Å². The van der Waals surface area contributed by atoms with Crippen LogP contribution in [0.15, 0.2) is 72.9 Å². The van der Waals surface area contributed by atoms with Crippen molar-refractivity contribution in [2.75, 3.05) is 4.90 Å². The van der Waals surface area contributed by atoms with E-state index in [4.69, 9.17) is 23.8 Å². The summed E-state index contributed by atoms with van der Waals surface area (Å²) in [4.78, 5) is 6.87. The summed E-state index contributed by atoms with van der Waals surface area (Å²) in [5.74, 6) is 0. The Balaban J connectivity index is 1.70. The molecule has 2 aromatic heterocycles. The molecule has 1 aliphatic rings. The molecule has 1 N–H and O–H groups in total. The van der Waals surface area contributed by atoms with Gasteiger partial charge in [0.2, 0.25) is 0 Å². The zero-order valence-electron chi connectivity index (χ0n) is 19.7. The van der Waals surface area contributed by atoms with Crippen LogP contribution in [0.25, 0.3) is 5.69 Å². The Hall–Kier alpha value is -3.15. The molecule has 172 valence electrons. The quantitative estimate of drug-likeness (QED) is 0.317. The number of nitrogens with one attached hydrogen (secondary N) is 1. The van der Waals surface area contributed by atoms with Crippen LogP contribution in [-0.2, 0) is 0 Å². The van der Waals surface area contributed by atoms with Gasteiger partial charge in [-0.1, -0.05) is 29.8 Å². The maximum atomic E-state index is 6.20. The number of aryl methyl sites for hydroxylation is 3. The van der Waals surface area contributed by atoms with Crippen molar-refractivity contribution < 1.29 is 0 Å². The number of rotatable bonds is 4. The molecule has 4 nitrogen and oxygen atoms in total. The highest BCUT2D eigenvalue weighted by Gasteiger charge is 2.42. The van der Waals surface area contributed by atoms with E-state index in [1.54, 1.807) is 0 Å². The fourth-order valence-corrected chi connectivity index (χ4v) is 5.44. The zero-order chi connectivity index (χ0) is 24.0. The van der Waals surface area contributed by atoms with E-state index in [0.717, 1.165) is 11.4 Å². The van der Waals surface area contributed by atoms with Crippen LogP contribution in [0.5, 0.6) is 0 Å². The third-order valence-corrected chi connectivity index (χ3v) is 7.16. The van der Waals surface area contributed by atoms with Crippen LogP contribution in [0.1, 0.15) is 45.9 Å². The molecule has 0 amide bonds. The highest BCUT2D eigenvalue weighted by molar-refractivity contribution is 7.80. The number of hydrogen-bond donors (Lipinski definition) is 1. The molecule has 1 aliphatic heterocycles. The fraction of sp³-hybridized carbons (Fsp3) is 0.214. The minimum absolute atomic E-state index is 0.0614. The summed E-state index contributed by atoms with van der Waals surface area (Å²) >= 11 is 12.1. The van der Waals surface area contributed by atoms with Gasteiger partial charge in [-0.15, -0.1) is 0 Å². The molecule has 2 atom stereocenters. The normalized spacial score (nSPS) is 17.8. The maximum absolute atomic E-state index is 6.20. The van der Waals surface area contributed by atoms with Crippen molar-refractivity contribution in [2.45, 2.75) is 39.8 Å². The van der Waals surface area contributed by atoms with Crippen LogP contribution in [0, 0.1) is 27.7 Å². The van der Waals surface area contributed by atoms with Crippen LogP contribution in [0.2, 0.25) is 5.02 Å². The van der Waals surface area contributed by atoms with Gasteiger partial charge in [0.25, 0.3) is 0 Å². The third-order valence-electron chi connectivity index (χ3n) is 6.60. The van der Waals surface area contributed by atoms with Crippen LogP contribution in [0.3, 0.4) is 0 Å². The molecule has 0 bridgehead atoms. The Bertz CT molecular complexity index is 1360. The van der Waals surface area contributed by atoms with Crippen molar-refractivity contribution in [1.82, 2.24) is 14.9 Å². The SMILES string of the molecule is Cc1ccc(C)c(-n2c(C)cc([C@@H]3[C@@H](c4ccccn4)NC(=S)N3c3ccc(Cl)cc3)c2C)c1. The molecule has 0 spiro atoms. The van der Waals surface area contributed by atoms with Crippen molar-refractivity contribution >= 4 is 34.6 Å². The molecule has 2 aromatic carbocycles. The predicted octanol–water partition coefficient (Wildman–Crippen LogP) is 6.94. The number of hydrogen-bond acceptors (Lipinski definition) is 2. The summed E-state index contributed by atoms with van der Waals surface area (Å²) in [5, 5.41) is 4.93. The van der Waals surface area contributed by atoms with Crippen molar-refractivity contribution in [3.05, 3.63) is 112 Å². The van der Waals surface area contributed by atoms with Crippen LogP contribution < -0.4 is 10.2 Å². The molecule has 1 saturated heterocycles. The van der Waals surface area contributed by atoms with Gasteiger partial charge in [0, 0.05) is 34.0 Å². The average Bonchev–Trinajstić information content (AvgIpc) is 3.32. The Morgan fingerprint density at radius 3 is 2.41 bits per heavy atom.